The lowest BCUT2D eigenvalue weighted by atomic mass is 10.2. The number of rotatable bonds is 2. The smallest absolute Gasteiger partial charge is 0.248 e. The maximum atomic E-state index is 11.0. The van der Waals surface area contributed by atoms with E-state index in [-0.39, 0.29) is 6.04 Å². The number of hydrogen-bond acceptors (Lipinski definition) is 3. The van der Waals surface area contributed by atoms with Gasteiger partial charge in [-0.15, -0.1) is 0 Å². The van der Waals surface area contributed by atoms with Gasteiger partial charge in [0, 0.05) is 0 Å². The van der Waals surface area contributed by atoms with Crippen molar-refractivity contribution in [3.63, 3.8) is 0 Å². The van der Waals surface area contributed by atoms with E-state index in [9.17, 15) is 9.90 Å². The Morgan fingerprint density at radius 2 is 2.25 bits per heavy atom. The molecular weight excluding hydrogens is 158 g/mol. The van der Waals surface area contributed by atoms with E-state index in [1.807, 2.05) is 0 Å². The molecule has 0 aromatic carbocycles. The normalized spacial score (nSPS) is 31.6. The van der Waals surface area contributed by atoms with Crippen LogP contribution in [0.15, 0.2) is 0 Å². The maximum Gasteiger partial charge on any atom is 0.248 e. The Hall–Kier alpha value is -0.610. The third kappa shape index (κ3) is 2.19. The molecular formula is C8H15NO3. The first kappa shape index (κ1) is 9.48. The van der Waals surface area contributed by atoms with E-state index in [0.717, 1.165) is 19.3 Å². The van der Waals surface area contributed by atoms with Gasteiger partial charge in [0.15, 0.2) is 0 Å². The van der Waals surface area contributed by atoms with Gasteiger partial charge >= 0.3 is 0 Å². The van der Waals surface area contributed by atoms with Crippen LogP contribution in [-0.4, -0.2) is 34.4 Å². The molecule has 4 nitrogen and oxygen atoms in total. The van der Waals surface area contributed by atoms with Crippen LogP contribution in [0.3, 0.4) is 0 Å². The largest absolute Gasteiger partial charge is 0.391 e. The Morgan fingerprint density at radius 1 is 1.58 bits per heavy atom. The summed E-state index contributed by atoms with van der Waals surface area (Å²) in [5, 5.41) is 20.8. The molecule has 0 aromatic heterocycles. The molecule has 3 atom stereocenters. The first-order valence-corrected chi connectivity index (χ1v) is 4.28. The van der Waals surface area contributed by atoms with Gasteiger partial charge < -0.3 is 15.5 Å². The van der Waals surface area contributed by atoms with Gasteiger partial charge in [-0.05, 0) is 26.2 Å². The zero-order chi connectivity index (χ0) is 9.14. The molecule has 1 amide bonds. The van der Waals surface area contributed by atoms with Crippen molar-refractivity contribution < 1.29 is 15.0 Å². The molecule has 0 aliphatic heterocycles. The van der Waals surface area contributed by atoms with Crippen molar-refractivity contribution in [2.45, 2.75) is 44.4 Å². The molecule has 0 radical (unpaired) electrons. The molecule has 70 valence electrons. The van der Waals surface area contributed by atoms with Crippen LogP contribution in [-0.2, 0) is 4.79 Å². The molecule has 1 aliphatic rings. The van der Waals surface area contributed by atoms with Crippen molar-refractivity contribution in [3.05, 3.63) is 0 Å². The Bertz CT molecular complexity index is 170. The highest BCUT2D eigenvalue weighted by Gasteiger charge is 2.27. The van der Waals surface area contributed by atoms with Crippen molar-refractivity contribution in [2.75, 3.05) is 0 Å². The summed E-state index contributed by atoms with van der Waals surface area (Å²) in [6, 6.07) is -0.160. The average molecular weight is 173 g/mol. The van der Waals surface area contributed by atoms with Crippen LogP contribution in [0.2, 0.25) is 0 Å². The fourth-order valence-corrected chi connectivity index (χ4v) is 1.41. The van der Waals surface area contributed by atoms with Crippen LogP contribution >= 0.6 is 0 Å². The van der Waals surface area contributed by atoms with Gasteiger partial charge in [-0.3, -0.25) is 4.79 Å². The van der Waals surface area contributed by atoms with E-state index < -0.39 is 18.1 Å². The van der Waals surface area contributed by atoms with Crippen LogP contribution in [0.4, 0.5) is 0 Å². The summed E-state index contributed by atoms with van der Waals surface area (Å²) in [7, 11) is 0. The van der Waals surface area contributed by atoms with Gasteiger partial charge in [0.1, 0.15) is 6.10 Å². The van der Waals surface area contributed by atoms with E-state index >= 15 is 0 Å². The summed E-state index contributed by atoms with van der Waals surface area (Å²) in [6.45, 7) is 1.41. The van der Waals surface area contributed by atoms with E-state index in [1.54, 1.807) is 0 Å². The summed E-state index contributed by atoms with van der Waals surface area (Å²) >= 11 is 0. The third-order valence-electron chi connectivity index (χ3n) is 2.19. The zero-order valence-electron chi connectivity index (χ0n) is 7.16. The van der Waals surface area contributed by atoms with Crippen molar-refractivity contribution in [2.24, 2.45) is 0 Å². The molecule has 1 fully saturated rings. The minimum atomic E-state index is -0.988. The predicted molar refractivity (Wildman–Crippen MR) is 43.5 cm³/mol. The maximum absolute atomic E-state index is 11.0. The molecule has 0 heterocycles. The lowest BCUT2D eigenvalue weighted by molar-refractivity contribution is -0.129. The first-order valence-electron chi connectivity index (χ1n) is 4.28. The van der Waals surface area contributed by atoms with Crippen molar-refractivity contribution >= 4 is 5.91 Å². The number of hydrogen-bond donors (Lipinski definition) is 3. The SMILES string of the molecule is C[C@H](O)C(=O)NC1CCCC1O. The molecule has 4 heteroatoms. The lowest BCUT2D eigenvalue weighted by Gasteiger charge is -2.17. The molecule has 2 unspecified atom stereocenters. The van der Waals surface area contributed by atoms with Gasteiger partial charge in [0.05, 0.1) is 12.1 Å². The summed E-state index contributed by atoms with van der Waals surface area (Å²) in [5.41, 5.74) is 0. The summed E-state index contributed by atoms with van der Waals surface area (Å²) in [5.74, 6) is -0.402. The fraction of sp³-hybridized carbons (Fsp3) is 0.875. The number of aliphatic hydroxyl groups excluding tert-OH is 2. The van der Waals surface area contributed by atoms with Crippen LogP contribution in [0.5, 0.6) is 0 Å². The van der Waals surface area contributed by atoms with E-state index in [1.165, 1.54) is 6.92 Å². The number of carbonyl (C=O) groups excluding carboxylic acids is 1. The topological polar surface area (TPSA) is 69.6 Å². The second-order valence-electron chi connectivity index (χ2n) is 3.29. The first-order chi connectivity index (χ1) is 5.61. The standard InChI is InChI=1S/C8H15NO3/c1-5(10)8(12)9-6-3-2-4-7(6)11/h5-7,10-11H,2-4H2,1H3,(H,9,12)/t5-,6?,7?/m0/s1. The van der Waals surface area contributed by atoms with Crippen molar-refractivity contribution in [1.29, 1.82) is 0 Å². The summed E-state index contributed by atoms with van der Waals surface area (Å²) in [4.78, 5) is 11.0. The highest BCUT2D eigenvalue weighted by molar-refractivity contribution is 5.80. The Labute approximate surface area is 71.6 Å². The number of amides is 1. The molecule has 3 N–H and O–H groups in total. The summed E-state index contributed by atoms with van der Waals surface area (Å²) < 4.78 is 0. The van der Waals surface area contributed by atoms with E-state index in [2.05, 4.69) is 5.32 Å². The second-order valence-corrected chi connectivity index (χ2v) is 3.29. The molecule has 0 spiro atoms. The zero-order valence-corrected chi connectivity index (χ0v) is 7.16. The predicted octanol–water partition coefficient (Wildman–Crippen LogP) is -0.603. The second kappa shape index (κ2) is 3.87. The van der Waals surface area contributed by atoms with E-state index in [4.69, 9.17) is 5.11 Å². The Morgan fingerprint density at radius 3 is 2.67 bits per heavy atom. The molecule has 1 saturated carbocycles. The van der Waals surface area contributed by atoms with Gasteiger partial charge in [0.2, 0.25) is 5.91 Å². The molecule has 0 bridgehead atoms. The number of nitrogens with one attached hydrogen (secondary N) is 1. The van der Waals surface area contributed by atoms with Crippen LogP contribution in [0, 0.1) is 0 Å². The van der Waals surface area contributed by atoms with Gasteiger partial charge in [-0.1, -0.05) is 0 Å². The quantitative estimate of drug-likeness (QED) is 0.522. The monoisotopic (exact) mass is 173 g/mol. The number of carbonyl (C=O) groups is 1. The minimum absolute atomic E-state index is 0.160. The molecule has 1 rings (SSSR count). The lowest BCUT2D eigenvalue weighted by Crippen LogP contribution is -2.43. The van der Waals surface area contributed by atoms with Gasteiger partial charge in [0.25, 0.3) is 0 Å². The molecule has 0 aromatic rings. The Kier molecular flexibility index (Phi) is 3.05. The number of aliphatic hydroxyl groups is 2. The third-order valence-corrected chi connectivity index (χ3v) is 2.19. The molecule has 1 aliphatic carbocycles. The van der Waals surface area contributed by atoms with Crippen LogP contribution in [0.1, 0.15) is 26.2 Å². The summed E-state index contributed by atoms with van der Waals surface area (Å²) in [6.07, 6.45) is 1.06. The average Bonchev–Trinajstić information content (AvgIpc) is 2.36. The van der Waals surface area contributed by atoms with Crippen LogP contribution in [0.25, 0.3) is 0 Å². The van der Waals surface area contributed by atoms with E-state index in [0.29, 0.717) is 0 Å². The fourth-order valence-electron chi connectivity index (χ4n) is 1.41. The minimum Gasteiger partial charge on any atom is -0.391 e. The van der Waals surface area contributed by atoms with Crippen LogP contribution < -0.4 is 5.32 Å². The highest BCUT2D eigenvalue weighted by atomic mass is 16.3. The van der Waals surface area contributed by atoms with Crippen molar-refractivity contribution in [1.82, 2.24) is 5.32 Å². The molecule has 12 heavy (non-hydrogen) atoms. The highest BCUT2D eigenvalue weighted by Crippen LogP contribution is 2.18. The van der Waals surface area contributed by atoms with Gasteiger partial charge in [-0.2, -0.15) is 0 Å². The van der Waals surface area contributed by atoms with Crippen molar-refractivity contribution in [3.8, 4) is 0 Å². The molecule has 0 saturated heterocycles. The Balaban J connectivity index is 2.35. The van der Waals surface area contributed by atoms with Gasteiger partial charge in [-0.25, -0.2) is 0 Å².